The summed E-state index contributed by atoms with van der Waals surface area (Å²) < 4.78 is 30.7. The highest BCUT2D eigenvalue weighted by Crippen LogP contribution is 2.07. The van der Waals surface area contributed by atoms with Gasteiger partial charge in [-0.05, 0) is 19.1 Å². The molecule has 0 atom stereocenters. The first kappa shape index (κ1) is 13.6. The number of hydrogen-bond acceptors (Lipinski definition) is 4. The van der Waals surface area contributed by atoms with E-state index in [0.29, 0.717) is 0 Å². The molecule has 0 unspecified atom stereocenters. The third kappa shape index (κ3) is 5.39. The Bertz CT molecular complexity index is 503. The molecule has 92 valence electrons. The summed E-state index contributed by atoms with van der Waals surface area (Å²) in [5.74, 6) is 0. The Labute approximate surface area is 100 Å². The predicted molar refractivity (Wildman–Crippen MR) is 64.9 cm³/mol. The van der Waals surface area contributed by atoms with E-state index >= 15 is 0 Å². The molecule has 0 radical (unpaired) electrons. The highest BCUT2D eigenvalue weighted by atomic mass is 32.3. The van der Waals surface area contributed by atoms with Crippen molar-refractivity contribution < 1.29 is 17.2 Å². The first-order valence-electron chi connectivity index (χ1n) is 4.94. The summed E-state index contributed by atoms with van der Waals surface area (Å²) in [7, 11) is -4.17. The van der Waals surface area contributed by atoms with E-state index in [1.807, 2.05) is 30.5 Å². The Balaban J connectivity index is 0.000000185. The topological polar surface area (TPSA) is 76.5 Å². The first-order valence-corrected chi connectivity index (χ1v) is 6.31. The van der Waals surface area contributed by atoms with E-state index in [1.165, 1.54) is 12.3 Å². The van der Waals surface area contributed by atoms with E-state index in [9.17, 15) is 8.42 Å². The van der Waals surface area contributed by atoms with Crippen LogP contribution < -0.4 is 0 Å². The van der Waals surface area contributed by atoms with E-state index in [4.69, 9.17) is 4.55 Å². The summed E-state index contributed by atoms with van der Waals surface area (Å²) >= 11 is 0. The van der Waals surface area contributed by atoms with Crippen LogP contribution in [-0.2, 0) is 14.6 Å². The Hall–Kier alpha value is -1.50. The van der Waals surface area contributed by atoms with Crippen LogP contribution in [0.3, 0.4) is 0 Å². The quantitative estimate of drug-likeness (QED) is 0.831. The van der Waals surface area contributed by atoms with Crippen LogP contribution in [0.1, 0.15) is 6.92 Å². The summed E-state index contributed by atoms with van der Waals surface area (Å²) in [5, 5.41) is 1.20. The van der Waals surface area contributed by atoms with Gasteiger partial charge in [0.15, 0.2) is 0 Å². The van der Waals surface area contributed by atoms with Crippen molar-refractivity contribution in [2.24, 2.45) is 0 Å². The van der Waals surface area contributed by atoms with Gasteiger partial charge >= 0.3 is 10.4 Å². The summed E-state index contributed by atoms with van der Waals surface area (Å²) in [6, 6.07) is 12.1. The summed E-state index contributed by atoms with van der Waals surface area (Å²) in [6.07, 6.45) is 1.81. The van der Waals surface area contributed by atoms with Crippen molar-refractivity contribution in [3.05, 3.63) is 42.6 Å². The van der Waals surface area contributed by atoms with Crippen molar-refractivity contribution in [3.8, 4) is 0 Å². The van der Waals surface area contributed by atoms with Gasteiger partial charge in [0.25, 0.3) is 0 Å². The number of benzene rings is 1. The van der Waals surface area contributed by atoms with Gasteiger partial charge in [0.05, 0.1) is 12.1 Å². The van der Waals surface area contributed by atoms with Crippen LogP contribution in [0.25, 0.3) is 10.9 Å². The molecule has 0 spiro atoms. The normalized spacial score (nSPS) is 10.7. The van der Waals surface area contributed by atoms with Crippen LogP contribution in [0, 0.1) is 0 Å². The van der Waals surface area contributed by atoms with E-state index in [-0.39, 0.29) is 6.61 Å². The molecule has 6 heteroatoms. The molecule has 0 aliphatic heterocycles. The molecule has 0 saturated carbocycles. The largest absolute Gasteiger partial charge is 0.397 e. The van der Waals surface area contributed by atoms with Gasteiger partial charge in [-0.15, -0.1) is 0 Å². The van der Waals surface area contributed by atoms with Gasteiger partial charge in [0.1, 0.15) is 0 Å². The highest BCUT2D eigenvalue weighted by molar-refractivity contribution is 7.80. The molecule has 1 aromatic heterocycles. The molecule has 2 rings (SSSR count). The van der Waals surface area contributed by atoms with Gasteiger partial charge in [-0.3, -0.25) is 9.54 Å². The van der Waals surface area contributed by atoms with Crippen LogP contribution >= 0.6 is 0 Å². The monoisotopic (exact) mass is 255 g/mol. The lowest BCUT2D eigenvalue weighted by Gasteiger charge is -1.91. The maximum atomic E-state index is 9.56. The van der Waals surface area contributed by atoms with Crippen molar-refractivity contribution in [1.82, 2.24) is 4.98 Å². The number of pyridine rings is 1. The lowest BCUT2D eigenvalue weighted by Crippen LogP contribution is -2.01. The second-order valence-corrected chi connectivity index (χ2v) is 4.12. The van der Waals surface area contributed by atoms with Crippen LogP contribution in [0.15, 0.2) is 42.6 Å². The molecule has 2 aromatic rings. The molecule has 0 fully saturated rings. The number of rotatable bonds is 2. The molecule has 1 N–H and O–H groups in total. The molecule has 0 aliphatic carbocycles. The minimum Gasteiger partial charge on any atom is -0.264 e. The van der Waals surface area contributed by atoms with Gasteiger partial charge in [-0.1, -0.05) is 24.3 Å². The standard InChI is InChI=1S/C9H7N.C2H6O4S/c1-2-6-9-8(4-1)5-3-7-10-9;1-2-6-7(3,4)5/h1-7H;2H2,1H3,(H,3,4,5). The second-order valence-electron chi connectivity index (χ2n) is 3.03. The maximum absolute atomic E-state index is 9.56. The lowest BCUT2D eigenvalue weighted by atomic mass is 10.2. The lowest BCUT2D eigenvalue weighted by molar-refractivity contribution is 0.283. The minimum absolute atomic E-state index is 0.0289. The van der Waals surface area contributed by atoms with E-state index < -0.39 is 10.4 Å². The minimum atomic E-state index is -4.17. The van der Waals surface area contributed by atoms with Gasteiger partial charge in [-0.2, -0.15) is 8.42 Å². The molecule has 17 heavy (non-hydrogen) atoms. The molecule has 0 saturated heterocycles. The van der Waals surface area contributed by atoms with Gasteiger partial charge in [0.2, 0.25) is 0 Å². The van der Waals surface area contributed by atoms with Crippen LogP contribution in [0.4, 0.5) is 0 Å². The number of aromatic nitrogens is 1. The summed E-state index contributed by atoms with van der Waals surface area (Å²) in [4.78, 5) is 4.18. The Morgan fingerprint density at radius 2 is 1.88 bits per heavy atom. The average Bonchev–Trinajstić information content (AvgIpc) is 2.28. The third-order valence-corrected chi connectivity index (χ3v) is 2.31. The molecular formula is C11H13NO4S. The van der Waals surface area contributed by atoms with Crippen molar-refractivity contribution in [1.29, 1.82) is 0 Å². The van der Waals surface area contributed by atoms with Gasteiger partial charge < -0.3 is 0 Å². The fourth-order valence-electron chi connectivity index (χ4n) is 1.16. The number of nitrogens with zero attached hydrogens (tertiary/aromatic N) is 1. The Morgan fingerprint density at radius 1 is 1.24 bits per heavy atom. The van der Waals surface area contributed by atoms with Gasteiger partial charge in [0, 0.05) is 11.6 Å². The summed E-state index contributed by atoms with van der Waals surface area (Å²) in [5.41, 5.74) is 1.06. The number of hydrogen-bond donors (Lipinski definition) is 1. The van der Waals surface area contributed by atoms with Crippen molar-refractivity contribution >= 4 is 21.3 Å². The fourth-order valence-corrected chi connectivity index (χ4v) is 1.46. The van der Waals surface area contributed by atoms with E-state index in [2.05, 4.69) is 21.3 Å². The molecule has 1 heterocycles. The summed E-state index contributed by atoms with van der Waals surface area (Å²) in [6.45, 7) is 1.44. The highest BCUT2D eigenvalue weighted by Gasteiger charge is 1.98. The smallest absolute Gasteiger partial charge is 0.264 e. The Kier molecular flexibility index (Phi) is 5.02. The maximum Gasteiger partial charge on any atom is 0.397 e. The first-order chi connectivity index (χ1) is 8.03. The second kappa shape index (κ2) is 6.29. The molecule has 1 aromatic carbocycles. The zero-order valence-electron chi connectivity index (χ0n) is 9.28. The molecule has 0 amide bonds. The predicted octanol–water partition coefficient (Wildman–Crippen LogP) is 2.06. The van der Waals surface area contributed by atoms with Crippen LogP contribution in [0.5, 0.6) is 0 Å². The zero-order chi connectivity index (χ0) is 12.7. The van der Waals surface area contributed by atoms with Crippen molar-refractivity contribution in [2.75, 3.05) is 6.61 Å². The van der Waals surface area contributed by atoms with Crippen LogP contribution in [0.2, 0.25) is 0 Å². The van der Waals surface area contributed by atoms with E-state index in [1.54, 1.807) is 0 Å². The van der Waals surface area contributed by atoms with Crippen LogP contribution in [-0.4, -0.2) is 24.6 Å². The van der Waals surface area contributed by atoms with Crippen molar-refractivity contribution in [3.63, 3.8) is 0 Å². The SMILES string of the molecule is CCOS(=O)(=O)O.c1ccc2ncccc2c1. The number of fused-ring (bicyclic) bond motifs is 1. The fraction of sp³-hybridized carbons (Fsp3) is 0.182. The van der Waals surface area contributed by atoms with Gasteiger partial charge in [-0.25, -0.2) is 4.18 Å². The average molecular weight is 255 g/mol. The third-order valence-electron chi connectivity index (χ3n) is 1.78. The molecular weight excluding hydrogens is 242 g/mol. The van der Waals surface area contributed by atoms with Crippen molar-refractivity contribution in [2.45, 2.75) is 6.92 Å². The Morgan fingerprint density at radius 3 is 2.41 bits per heavy atom. The number of para-hydroxylation sites is 1. The molecule has 0 aliphatic rings. The zero-order valence-corrected chi connectivity index (χ0v) is 10.1. The van der Waals surface area contributed by atoms with E-state index in [0.717, 1.165) is 5.52 Å². The molecule has 0 bridgehead atoms. The molecule has 5 nitrogen and oxygen atoms in total.